The molecular weight excluding hydrogens is 368 g/mol. The number of rotatable bonds is 4. The molecule has 3 aromatic rings. The number of terminal acetylenes is 1. The van der Waals surface area contributed by atoms with Gasteiger partial charge in [0.25, 0.3) is 0 Å². The average Bonchev–Trinajstić information content (AvgIpc) is 3.49. The zero-order chi connectivity index (χ0) is 19.8. The lowest BCUT2D eigenvalue weighted by atomic mass is 9.99. The summed E-state index contributed by atoms with van der Waals surface area (Å²) in [5, 5.41) is 12.7. The number of aromatic nitrogens is 4. The second-order valence-electron chi connectivity index (χ2n) is 7.37. The first-order valence-electron chi connectivity index (χ1n) is 9.52. The van der Waals surface area contributed by atoms with E-state index in [1.165, 1.54) is 0 Å². The predicted molar refractivity (Wildman–Crippen MR) is 105 cm³/mol. The van der Waals surface area contributed by atoms with Crippen molar-refractivity contribution in [2.75, 3.05) is 6.61 Å². The van der Waals surface area contributed by atoms with Crippen LogP contribution in [0.3, 0.4) is 0 Å². The average molecular weight is 388 g/mol. The lowest BCUT2D eigenvalue weighted by molar-refractivity contribution is 0.110. The largest absolute Gasteiger partial charge is 0.373 e. The van der Waals surface area contributed by atoms with Crippen LogP contribution in [0.5, 0.6) is 0 Å². The lowest BCUT2D eigenvalue weighted by Crippen LogP contribution is -2.27. The van der Waals surface area contributed by atoms with Crippen LogP contribution in [0.4, 0.5) is 0 Å². The van der Waals surface area contributed by atoms with Gasteiger partial charge in [0.15, 0.2) is 5.82 Å². The normalized spacial score (nSPS) is 20.6. The first-order valence-corrected chi connectivity index (χ1v) is 9.52. The molecule has 2 aliphatic rings. The highest BCUT2D eigenvalue weighted by molar-refractivity contribution is 5.56. The van der Waals surface area contributed by atoms with Crippen LogP contribution in [0.15, 0.2) is 40.1 Å². The van der Waals surface area contributed by atoms with Crippen molar-refractivity contribution in [3.05, 3.63) is 64.6 Å². The van der Waals surface area contributed by atoms with Crippen molar-refractivity contribution >= 4 is 6.34 Å². The van der Waals surface area contributed by atoms with Gasteiger partial charge in [0.1, 0.15) is 6.34 Å². The van der Waals surface area contributed by atoms with Gasteiger partial charge < -0.3 is 14.2 Å². The fraction of sp³-hybridized carbons (Fsp3) is 0.333. The minimum Gasteiger partial charge on any atom is -0.373 e. The zero-order valence-electron chi connectivity index (χ0n) is 16.0. The van der Waals surface area contributed by atoms with Gasteiger partial charge in [-0.25, -0.2) is 0 Å². The Labute approximate surface area is 168 Å². The van der Waals surface area contributed by atoms with Crippen molar-refractivity contribution in [2.24, 2.45) is 5.10 Å². The minimum atomic E-state index is 0.0197. The van der Waals surface area contributed by atoms with Crippen LogP contribution in [0.2, 0.25) is 0 Å². The molecule has 8 nitrogen and oxygen atoms in total. The van der Waals surface area contributed by atoms with Crippen LogP contribution in [-0.2, 0) is 17.8 Å². The third-order valence-corrected chi connectivity index (χ3v) is 5.37. The number of fused-ring (bicyclic) bond motifs is 1. The third kappa shape index (κ3) is 3.41. The Morgan fingerprint density at radius 3 is 2.97 bits per heavy atom. The highest BCUT2D eigenvalue weighted by Crippen LogP contribution is 2.37. The van der Waals surface area contributed by atoms with Crippen molar-refractivity contribution in [3.63, 3.8) is 0 Å². The maximum Gasteiger partial charge on any atom is 0.246 e. The molecule has 5 rings (SSSR count). The Morgan fingerprint density at radius 1 is 1.28 bits per heavy atom. The van der Waals surface area contributed by atoms with Gasteiger partial charge >= 0.3 is 0 Å². The van der Waals surface area contributed by atoms with Gasteiger partial charge in [-0.3, -0.25) is 0 Å². The highest BCUT2D eigenvalue weighted by Gasteiger charge is 2.31. The fourth-order valence-electron chi connectivity index (χ4n) is 3.69. The molecule has 0 saturated carbocycles. The number of nitrogens with zero attached hydrogens (tertiary/aromatic N) is 6. The van der Waals surface area contributed by atoms with E-state index in [1.807, 2.05) is 42.3 Å². The Kier molecular flexibility index (Phi) is 4.37. The smallest absolute Gasteiger partial charge is 0.246 e. The predicted octanol–water partition coefficient (Wildman–Crippen LogP) is 2.61. The Bertz CT molecular complexity index is 1090. The van der Waals surface area contributed by atoms with Gasteiger partial charge in [0.05, 0.1) is 37.7 Å². The third-order valence-electron chi connectivity index (χ3n) is 5.37. The summed E-state index contributed by atoms with van der Waals surface area (Å²) in [6, 6.07) is 7.91. The topological polar surface area (TPSA) is 81.6 Å². The quantitative estimate of drug-likeness (QED) is 0.639. The van der Waals surface area contributed by atoms with Crippen LogP contribution in [0.25, 0.3) is 0 Å². The van der Waals surface area contributed by atoms with E-state index in [-0.39, 0.29) is 12.0 Å². The van der Waals surface area contributed by atoms with Crippen molar-refractivity contribution in [1.82, 2.24) is 24.9 Å². The van der Waals surface area contributed by atoms with Crippen molar-refractivity contribution in [2.45, 2.75) is 38.5 Å². The number of ether oxygens (including phenoxy) is 1. The minimum absolute atomic E-state index is 0.0197. The Hall–Kier alpha value is -3.44. The standard InChI is InChI=1S/C21H20N6O2/c1-3-15-4-6-16(7-5-15)19-8-17(12-28-19)21-24-20(29-25-21)11-26-10-18-14(2)9-22-27(18)23-13-26/h1,4-7,9,13,17,19H,8,10-12H2,2H3/t17-,19+/m0/s1. The van der Waals surface area contributed by atoms with Crippen LogP contribution in [0, 0.1) is 19.3 Å². The molecule has 29 heavy (non-hydrogen) atoms. The molecule has 0 bridgehead atoms. The van der Waals surface area contributed by atoms with E-state index in [2.05, 4.69) is 26.3 Å². The van der Waals surface area contributed by atoms with E-state index in [0.29, 0.717) is 31.4 Å². The molecule has 2 aliphatic heterocycles. The van der Waals surface area contributed by atoms with E-state index in [0.717, 1.165) is 28.8 Å². The Balaban J connectivity index is 1.23. The molecule has 1 fully saturated rings. The van der Waals surface area contributed by atoms with E-state index >= 15 is 0 Å². The van der Waals surface area contributed by atoms with Gasteiger partial charge in [0.2, 0.25) is 5.89 Å². The van der Waals surface area contributed by atoms with Crippen LogP contribution in [0.1, 0.15) is 52.5 Å². The summed E-state index contributed by atoms with van der Waals surface area (Å²) in [5.41, 5.74) is 4.16. The maximum absolute atomic E-state index is 5.97. The zero-order valence-corrected chi connectivity index (χ0v) is 16.0. The molecule has 0 aliphatic carbocycles. The molecule has 0 radical (unpaired) electrons. The van der Waals surface area contributed by atoms with E-state index in [4.69, 9.17) is 15.7 Å². The Morgan fingerprint density at radius 2 is 2.14 bits per heavy atom. The van der Waals surface area contributed by atoms with E-state index in [1.54, 1.807) is 11.1 Å². The summed E-state index contributed by atoms with van der Waals surface area (Å²) < 4.78 is 11.5. The number of hydrogen-bond acceptors (Lipinski definition) is 7. The van der Waals surface area contributed by atoms with Gasteiger partial charge in [-0.1, -0.05) is 23.2 Å². The molecule has 2 aromatic heterocycles. The van der Waals surface area contributed by atoms with Crippen LogP contribution in [-0.4, -0.2) is 37.9 Å². The summed E-state index contributed by atoms with van der Waals surface area (Å²) in [4.78, 5) is 8.28. The molecule has 1 aromatic carbocycles. The lowest BCUT2D eigenvalue weighted by Gasteiger charge is -2.21. The molecule has 4 heterocycles. The van der Waals surface area contributed by atoms with E-state index in [9.17, 15) is 0 Å². The highest BCUT2D eigenvalue weighted by atomic mass is 16.5. The van der Waals surface area contributed by atoms with Gasteiger partial charge in [0, 0.05) is 11.5 Å². The summed E-state index contributed by atoms with van der Waals surface area (Å²) >= 11 is 0. The van der Waals surface area contributed by atoms with Gasteiger partial charge in [-0.05, 0) is 36.6 Å². The van der Waals surface area contributed by atoms with Crippen LogP contribution >= 0.6 is 0 Å². The second kappa shape index (κ2) is 7.18. The van der Waals surface area contributed by atoms with Crippen molar-refractivity contribution < 1.29 is 9.26 Å². The maximum atomic E-state index is 5.97. The molecule has 0 N–H and O–H groups in total. The SMILES string of the molecule is C#Cc1ccc([C@H]2C[C@H](c3noc(CN4C=Nn5ncc(C)c5C4)n3)CO2)cc1. The van der Waals surface area contributed by atoms with Gasteiger partial charge in [-0.2, -0.15) is 14.9 Å². The molecule has 1 saturated heterocycles. The number of aryl methyl sites for hydroxylation is 1. The molecule has 0 amide bonds. The first kappa shape index (κ1) is 17.6. The molecule has 0 unspecified atom stereocenters. The van der Waals surface area contributed by atoms with Crippen molar-refractivity contribution in [1.29, 1.82) is 0 Å². The van der Waals surface area contributed by atoms with E-state index < -0.39 is 0 Å². The molecule has 0 spiro atoms. The summed E-state index contributed by atoms with van der Waals surface area (Å²) in [6.07, 6.45) is 9.82. The van der Waals surface area contributed by atoms with Crippen LogP contribution < -0.4 is 0 Å². The first-order chi connectivity index (χ1) is 14.2. The monoisotopic (exact) mass is 388 g/mol. The number of benzene rings is 1. The summed E-state index contributed by atoms with van der Waals surface area (Å²) in [7, 11) is 0. The number of hydrogen-bond donors (Lipinski definition) is 0. The molecule has 8 heteroatoms. The fourth-order valence-corrected chi connectivity index (χ4v) is 3.69. The molecular formula is C21H20N6O2. The molecule has 146 valence electrons. The summed E-state index contributed by atoms with van der Waals surface area (Å²) in [6.45, 7) is 3.81. The molecule has 2 atom stereocenters. The summed E-state index contributed by atoms with van der Waals surface area (Å²) in [5.74, 6) is 4.01. The second-order valence-corrected chi connectivity index (χ2v) is 7.37. The van der Waals surface area contributed by atoms with Crippen molar-refractivity contribution in [3.8, 4) is 12.3 Å². The van der Waals surface area contributed by atoms with Gasteiger partial charge in [-0.15, -0.1) is 11.5 Å².